The molecule has 6 nitrogen and oxygen atoms in total. The maximum Gasteiger partial charge on any atom is 0.338 e. The topological polar surface area (TPSA) is 86.7 Å². The summed E-state index contributed by atoms with van der Waals surface area (Å²) in [6.45, 7) is 6.68. The van der Waals surface area contributed by atoms with Crippen molar-refractivity contribution >= 4 is 21.7 Å². The van der Waals surface area contributed by atoms with Gasteiger partial charge in [-0.05, 0) is 99.1 Å². The summed E-state index contributed by atoms with van der Waals surface area (Å²) in [6.07, 6.45) is 4.35. The van der Waals surface area contributed by atoms with Crippen molar-refractivity contribution in [3.8, 4) is 0 Å². The van der Waals surface area contributed by atoms with Crippen LogP contribution in [0.5, 0.6) is 0 Å². The minimum atomic E-state index is -4.10. The van der Waals surface area contributed by atoms with Crippen molar-refractivity contribution in [2.75, 3.05) is 24.4 Å². The summed E-state index contributed by atoms with van der Waals surface area (Å²) in [5.41, 5.74) is 2.10. The summed E-state index contributed by atoms with van der Waals surface area (Å²) >= 11 is 0. The fourth-order valence-electron chi connectivity index (χ4n) is 4.40. The molecule has 2 N–H and O–H groups in total. The molecule has 3 rings (SSSR count). The van der Waals surface area contributed by atoms with Gasteiger partial charge in [0.05, 0.1) is 16.1 Å². The largest absolute Gasteiger partial charge is 0.478 e. The Kier molecular flexibility index (Phi) is 7.90. The zero-order chi connectivity index (χ0) is 23.3. The van der Waals surface area contributed by atoms with Crippen LogP contribution >= 0.6 is 0 Å². The van der Waals surface area contributed by atoms with Crippen molar-refractivity contribution in [3.63, 3.8) is 0 Å². The molecule has 2 aromatic rings. The van der Waals surface area contributed by atoms with E-state index in [9.17, 15) is 22.7 Å². The van der Waals surface area contributed by atoms with Gasteiger partial charge in [0.15, 0.2) is 0 Å². The van der Waals surface area contributed by atoms with Crippen LogP contribution in [0, 0.1) is 5.82 Å². The molecule has 0 spiro atoms. The first-order valence-corrected chi connectivity index (χ1v) is 12.7. The zero-order valence-corrected chi connectivity index (χ0v) is 19.5. The van der Waals surface area contributed by atoms with Gasteiger partial charge in [0.25, 0.3) is 10.0 Å². The number of fused-ring (bicyclic) bond motifs is 1. The van der Waals surface area contributed by atoms with Crippen molar-refractivity contribution in [2.45, 2.75) is 57.3 Å². The fourth-order valence-corrected chi connectivity index (χ4v) is 5.72. The van der Waals surface area contributed by atoms with Crippen LogP contribution < -0.4 is 4.72 Å². The number of rotatable bonds is 10. The number of aryl methyl sites for hydroxylation is 2. The van der Waals surface area contributed by atoms with Gasteiger partial charge in [0.1, 0.15) is 5.82 Å². The average Bonchev–Trinajstić information content (AvgIpc) is 2.76. The van der Waals surface area contributed by atoms with Gasteiger partial charge in [-0.1, -0.05) is 19.9 Å². The van der Waals surface area contributed by atoms with Crippen molar-refractivity contribution in [1.82, 2.24) is 4.90 Å². The van der Waals surface area contributed by atoms with E-state index in [1.807, 2.05) is 0 Å². The van der Waals surface area contributed by atoms with Gasteiger partial charge in [-0.3, -0.25) is 4.72 Å². The predicted molar refractivity (Wildman–Crippen MR) is 123 cm³/mol. The number of nitrogens with zero attached hydrogens (tertiary/aromatic N) is 1. The van der Waals surface area contributed by atoms with Gasteiger partial charge in [-0.15, -0.1) is 0 Å². The molecule has 0 amide bonds. The number of carboxylic acids is 1. The molecule has 174 valence electrons. The first-order valence-electron chi connectivity index (χ1n) is 11.2. The Morgan fingerprint density at radius 1 is 1.12 bits per heavy atom. The number of carbonyl (C=O) groups is 1. The average molecular weight is 463 g/mol. The summed E-state index contributed by atoms with van der Waals surface area (Å²) in [5, 5.41) is 9.81. The molecule has 0 heterocycles. The molecule has 0 fully saturated rings. The van der Waals surface area contributed by atoms with Crippen molar-refractivity contribution in [1.29, 1.82) is 0 Å². The Bertz CT molecular complexity index is 1080. The Labute approximate surface area is 189 Å². The van der Waals surface area contributed by atoms with Gasteiger partial charge in [-0.25, -0.2) is 17.6 Å². The number of nitrogens with one attached hydrogen (secondary N) is 1. The lowest BCUT2D eigenvalue weighted by Crippen LogP contribution is -2.24. The molecular weight excluding hydrogens is 431 g/mol. The highest BCUT2D eigenvalue weighted by atomic mass is 32.2. The molecule has 0 saturated heterocycles. The summed E-state index contributed by atoms with van der Waals surface area (Å²) in [4.78, 5) is 14.2. The third-order valence-corrected chi connectivity index (χ3v) is 7.58. The van der Waals surface area contributed by atoms with E-state index in [1.54, 1.807) is 6.07 Å². The number of aromatic carboxylic acids is 1. The number of sulfonamides is 1. The minimum Gasteiger partial charge on any atom is -0.478 e. The lowest BCUT2D eigenvalue weighted by Gasteiger charge is -2.21. The molecule has 0 saturated carbocycles. The van der Waals surface area contributed by atoms with E-state index in [1.165, 1.54) is 18.2 Å². The Hall–Kier alpha value is -2.45. The minimum absolute atomic E-state index is 0.0102. The highest BCUT2D eigenvalue weighted by molar-refractivity contribution is 7.92. The van der Waals surface area contributed by atoms with E-state index >= 15 is 0 Å². The number of hydrogen-bond donors (Lipinski definition) is 2. The Morgan fingerprint density at radius 3 is 2.53 bits per heavy atom. The summed E-state index contributed by atoms with van der Waals surface area (Å²) in [6, 6.07) is 6.95. The molecule has 0 bridgehead atoms. The second-order valence-corrected chi connectivity index (χ2v) is 9.78. The predicted octanol–water partition coefficient (Wildman–Crippen LogP) is 4.48. The second-order valence-electron chi connectivity index (χ2n) is 8.13. The van der Waals surface area contributed by atoms with Crippen LogP contribution in [0.4, 0.5) is 10.1 Å². The van der Waals surface area contributed by atoms with Crippen LogP contribution in [0.1, 0.15) is 60.2 Å². The molecule has 8 heteroatoms. The molecule has 1 aliphatic carbocycles. The van der Waals surface area contributed by atoms with Gasteiger partial charge in [-0.2, -0.15) is 0 Å². The van der Waals surface area contributed by atoms with Crippen LogP contribution in [0.2, 0.25) is 0 Å². The third-order valence-electron chi connectivity index (χ3n) is 6.12. The van der Waals surface area contributed by atoms with Crippen molar-refractivity contribution < 1.29 is 22.7 Å². The second kappa shape index (κ2) is 10.4. The normalized spacial score (nSPS) is 13.8. The van der Waals surface area contributed by atoms with Crippen LogP contribution in [-0.2, 0) is 29.3 Å². The molecular formula is C24H31FN2O4S. The summed E-state index contributed by atoms with van der Waals surface area (Å²) in [5.74, 6) is -1.65. The lowest BCUT2D eigenvalue weighted by molar-refractivity contribution is 0.0696. The number of hydrogen-bond acceptors (Lipinski definition) is 4. The van der Waals surface area contributed by atoms with E-state index < -0.39 is 21.8 Å². The highest BCUT2D eigenvalue weighted by Gasteiger charge is 2.26. The number of benzene rings is 2. The Balaban J connectivity index is 1.91. The van der Waals surface area contributed by atoms with Crippen LogP contribution in [0.25, 0.3) is 0 Å². The molecule has 2 aromatic carbocycles. The maximum atomic E-state index is 13.9. The smallest absolute Gasteiger partial charge is 0.338 e. The van der Waals surface area contributed by atoms with E-state index in [2.05, 4.69) is 23.5 Å². The van der Waals surface area contributed by atoms with Gasteiger partial charge >= 0.3 is 5.97 Å². The third kappa shape index (κ3) is 5.48. The summed E-state index contributed by atoms with van der Waals surface area (Å²) in [7, 11) is -4.10. The van der Waals surface area contributed by atoms with E-state index in [0.29, 0.717) is 30.4 Å². The lowest BCUT2D eigenvalue weighted by atomic mass is 9.87. The molecule has 1 aliphatic rings. The fraction of sp³-hybridized carbons (Fsp3) is 0.458. The molecule has 0 unspecified atom stereocenters. The zero-order valence-electron chi connectivity index (χ0n) is 18.7. The van der Waals surface area contributed by atoms with Crippen molar-refractivity contribution in [3.05, 3.63) is 58.4 Å². The van der Waals surface area contributed by atoms with E-state index in [-0.39, 0.29) is 16.1 Å². The number of halogens is 1. The quantitative estimate of drug-likeness (QED) is 0.544. The molecule has 32 heavy (non-hydrogen) atoms. The Morgan fingerprint density at radius 2 is 1.84 bits per heavy atom. The van der Waals surface area contributed by atoms with Crippen LogP contribution in [0.15, 0.2) is 35.2 Å². The first-order chi connectivity index (χ1) is 15.3. The monoisotopic (exact) mass is 462 g/mol. The van der Waals surface area contributed by atoms with E-state index in [4.69, 9.17) is 0 Å². The first kappa shape index (κ1) is 24.2. The number of carboxylic acid groups (broad SMARTS) is 1. The van der Waals surface area contributed by atoms with Crippen molar-refractivity contribution in [2.24, 2.45) is 0 Å². The van der Waals surface area contributed by atoms with Crippen LogP contribution in [0.3, 0.4) is 0 Å². The SMILES string of the molecule is CCN(CC)CCCc1cc(F)ccc1S(=O)(=O)Nc1ccc2c(c1C(=O)O)CCCC2. The van der Waals surface area contributed by atoms with Gasteiger partial charge in [0, 0.05) is 0 Å². The highest BCUT2D eigenvalue weighted by Crippen LogP contribution is 2.32. The summed E-state index contributed by atoms with van der Waals surface area (Å²) < 4.78 is 42.9. The van der Waals surface area contributed by atoms with Gasteiger partial charge < -0.3 is 10.0 Å². The number of anilines is 1. The van der Waals surface area contributed by atoms with E-state index in [0.717, 1.165) is 50.5 Å². The van der Waals surface area contributed by atoms with Gasteiger partial charge in [0.2, 0.25) is 0 Å². The van der Waals surface area contributed by atoms with Crippen LogP contribution in [-0.4, -0.2) is 44.0 Å². The molecule has 0 aliphatic heterocycles. The standard InChI is InChI=1S/C24H31FN2O4S/c1-3-27(4-2)15-7-9-18-16-19(25)12-14-22(18)32(30,31)26-21-13-11-17-8-5-6-10-20(17)23(21)24(28)29/h11-14,16,26H,3-10,15H2,1-2H3,(H,28,29). The molecule has 0 radical (unpaired) electrons. The molecule has 0 aromatic heterocycles. The molecule has 0 atom stereocenters. The maximum absolute atomic E-state index is 13.9.